The summed E-state index contributed by atoms with van der Waals surface area (Å²) >= 11 is 0. The van der Waals surface area contributed by atoms with Crippen molar-refractivity contribution < 1.29 is 4.99 Å². The second-order valence-corrected chi connectivity index (χ2v) is 7.43. The molecule has 0 bridgehead atoms. The molecule has 2 nitrogen and oxygen atoms in total. The molecular formula is C25H31N2+. The van der Waals surface area contributed by atoms with Crippen LogP contribution in [0.2, 0.25) is 0 Å². The zero-order valence-electron chi connectivity index (χ0n) is 17.0. The lowest BCUT2D eigenvalue weighted by molar-refractivity contribution is -0.463. The van der Waals surface area contributed by atoms with Gasteiger partial charge in [-0.25, -0.2) is 4.99 Å². The number of anilines is 1. The molecule has 2 aromatic rings. The molecule has 0 saturated heterocycles. The second-order valence-electron chi connectivity index (χ2n) is 7.43. The number of nitrogens with one attached hydrogen (secondary N) is 1. The highest BCUT2D eigenvalue weighted by Crippen LogP contribution is 2.27. The van der Waals surface area contributed by atoms with Gasteiger partial charge in [-0.2, -0.15) is 0 Å². The SMILES string of the molecule is CCN(CC)c1ccc(C=C2C=CC(=[NH+]CC(C)C)c3ccccc32)cc1. The molecule has 0 spiro atoms. The Labute approximate surface area is 164 Å². The highest BCUT2D eigenvalue weighted by molar-refractivity contribution is 6.14. The van der Waals surface area contributed by atoms with E-state index in [0.717, 1.165) is 19.6 Å². The highest BCUT2D eigenvalue weighted by Gasteiger charge is 2.18. The van der Waals surface area contributed by atoms with E-state index in [1.165, 1.54) is 33.7 Å². The van der Waals surface area contributed by atoms with Crippen LogP contribution in [0.3, 0.4) is 0 Å². The number of fused-ring (bicyclic) bond motifs is 1. The average molecular weight is 360 g/mol. The van der Waals surface area contributed by atoms with E-state index in [2.05, 4.69) is 104 Å². The minimum absolute atomic E-state index is 0.624. The molecule has 0 radical (unpaired) electrons. The van der Waals surface area contributed by atoms with Crippen molar-refractivity contribution in [2.45, 2.75) is 27.7 Å². The zero-order chi connectivity index (χ0) is 19.2. The molecule has 27 heavy (non-hydrogen) atoms. The average Bonchev–Trinajstić information content (AvgIpc) is 2.69. The summed E-state index contributed by atoms with van der Waals surface area (Å²) in [5.74, 6) is 0.624. The molecule has 2 heteroatoms. The summed E-state index contributed by atoms with van der Waals surface area (Å²) < 4.78 is 0. The molecule has 140 valence electrons. The van der Waals surface area contributed by atoms with E-state index in [1.54, 1.807) is 0 Å². The fourth-order valence-electron chi connectivity index (χ4n) is 3.47. The van der Waals surface area contributed by atoms with Crippen LogP contribution >= 0.6 is 0 Å². The minimum atomic E-state index is 0.624. The van der Waals surface area contributed by atoms with E-state index in [1.807, 2.05) is 0 Å². The van der Waals surface area contributed by atoms with Gasteiger partial charge in [-0.05, 0) is 60.9 Å². The Kier molecular flexibility index (Phi) is 6.28. The molecule has 0 aliphatic heterocycles. The molecule has 0 aromatic heterocycles. The predicted molar refractivity (Wildman–Crippen MR) is 118 cm³/mol. The third kappa shape index (κ3) is 4.57. The molecule has 0 atom stereocenters. The van der Waals surface area contributed by atoms with Gasteiger partial charge in [-0.1, -0.05) is 44.2 Å². The zero-order valence-corrected chi connectivity index (χ0v) is 17.0. The lowest BCUT2D eigenvalue weighted by atomic mass is 9.90. The Bertz CT molecular complexity index is 850. The summed E-state index contributed by atoms with van der Waals surface area (Å²) in [5.41, 5.74) is 7.57. The van der Waals surface area contributed by atoms with Crippen molar-refractivity contribution in [3.8, 4) is 0 Å². The quantitative estimate of drug-likeness (QED) is 0.819. The monoisotopic (exact) mass is 359 g/mol. The maximum absolute atomic E-state index is 3.59. The molecule has 0 amide bonds. The van der Waals surface area contributed by atoms with Gasteiger partial charge in [0.05, 0.1) is 5.56 Å². The van der Waals surface area contributed by atoms with E-state index in [0.29, 0.717) is 5.92 Å². The first-order valence-corrected chi connectivity index (χ1v) is 10.1. The Morgan fingerprint density at radius 1 is 0.889 bits per heavy atom. The molecular weight excluding hydrogens is 328 g/mol. The minimum Gasteiger partial charge on any atom is -0.372 e. The van der Waals surface area contributed by atoms with Gasteiger partial charge in [0, 0.05) is 30.8 Å². The normalized spacial score (nSPS) is 16.2. The molecule has 0 saturated carbocycles. The van der Waals surface area contributed by atoms with Gasteiger partial charge in [0.15, 0.2) is 0 Å². The summed E-state index contributed by atoms with van der Waals surface area (Å²) in [6.45, 7) is 11.9. The Hall–Kier alpha value is -2.61. The Morgan fingerprint density at radius 3 is 2.19 bits per heavy atom. The number of nitrogens with zero attached hydrogens (tertiary/aromatic N) is 1. The van der Waals surface area contributed by atoms with Crippen LogP contribution in [0.5, 0.6) is 0 Å². The van der Waals surface area contributed by atoms with Gasteiger partial charge in [0.1, 0.15) is 6.54 Å². The van der Waals surface area contributed by atoms with Crippen LogP contribution in [0.15, 0.2) is 60.7 Å². The van der Waals surface area contributed by atoms with Crippen molar-refractivity contribution in [1.82, 2.24) is 0 Å². The number of allylic oxidation sites excluding steroid dienone is 3. The first kappa shape index (κ1) is 19.2. The molecule has 0 unspecified atom stereocenters. The number of rotatable bonds is 6. The maximum Gasteiger partial charge on any atom is 0.206 e. The number of hydrogen-bond acceptors (Lipinski definition) is 1. The highest BCUT2D eigenvalue weighted by atomic mass is 15.1. The van der Waals surface area contributed by atoms with Gasteiger partial charge >= 0.3 is 0 Å². The van der Waals surface area contributed by atoms with Gasteiger partial charge in [0.25, 0.3) is 0 Å². The standard InChI is InChI=1S/C25H30N2/c1-5-27(6-2)22-14-11-20(12-15-22)17-21-13-16-25(26-18-19(3)4)24-10-8-7-9-23(21)24/h7-17,19H,5-6,18H2,1-4H3/p+1. The number of benzene rings is 2. The van der Waals surface area contributed by atoms with Gasteiger partial charge in [-0.15, -0.1) is 0 Å². The molecule has 0 heterocycles. The summed E-state index contributed by atoms with van der Waals surface area (Å²) in [6, 6.07) is 17.5. The van der Waals surface area contributed by atoms with E-state index < -0.39 is 0 Å². The lowest BCUT2D eigenvalue weighted by Crippen LogP contribution is -2.74. The van der Waals surface area contributed by atoms with Crippen molar-refractivity contribution >= 4 is 23.0 Å². The second kappa shape index (κ2) is 8.85. The van der Waals surface area contributed by atoms with E-state index in [-0.39, 0.29) is 0 Å². The van der Waals surface area contributed by atoms with E-state index in [4.69, 9.17) is 0 Å². The van der Waals surface area contributed by atoms with Crippen LogP contribution < -0.4 is 9.89 Å². The van der Waals surface area contributed by atoms with Crippen LogP contribution in [0.25, 0.3) is 11.6 Å². The molecule has 1 aliphatic carbocycles. The fourth-order valence-corrected chi connectivity index (χ4v) is 3.47. The van der Waals surface area contributed by atoms with Crippen LogP contribution in [0.1, 0.15) is 44.4 Å². The van der Waals surface area contributed by atoms with E-state index >= 15 is 0 Å². The Morgan fingerprint density at radius 2 is 1.56 bits per heavy atom. The van der Waals surface area contributed by atoms with Crippen LogP contribution in [0, 0.1) is 5.92 Å². The summed E-state index contributed by atoms with van der Waals surface area (Å²) in [4.78, 5) is 5.96. The van der Waals surface area contributed by atoms with Crippen molar-refractivity contribution in [2.24, 2.45) is 5.92 Å². The van der Waals surface area contributed by atoms with Crippen molar-refractivity contribution in [3.05, 3.63) is 77.4 Å². The van der Waals surface area contributed by atoms with Crippen LogP contribution in [-0.2, 0) is 0 Å². The van der Waals surface area contributed by atoms with Crippen molar-refractivity contribution in [3.63, 3.8) is 0 Å². The number of hydrogen-bond donors (Lipinski definition) is 1. The molecule has 1 aliphatic rings. The van der Waals surface area contributed by atoms with Crippen LogP contribution in [0.4, 0.5) is 5.69 Å². The fraction of sp³-hybridized carbons (Fsp3) is 0.320. The predicted octanol–water partition coefficient (Wildman–Crippen LogP) is 4.17. The van der Waals surface area contributed by atoms with Crippen molar-refractivity contribution in [1.29, 1.82) is 0 Å². The summed E-state index contributed by atoms with van der Waals surface area (Å²) in [7, 11) is 0. The summed E-state index contributed by atoms with van der Waals surface area (Å²) in [5, 5.41) is 0. The topological polar surface area (TPSA) is 17.2 Å². The van der Waals surface area contributed by atoms with Gasteiger partial charge in [-0.3, -0.25) is 0 Å². The third-order valence-corrected chi connectivity index (χ3v) is 5.00. The van der Waals surface area contributed by atoms with Crippen molar-refractivity contribution in [2.75, 3.05) is 24.5 Å². The first-order valence-electron chi connectivity index (χ1n) is 10.1. The van der Waals surface area contributed by atoms with Gasteiger partial charge in [0.2, 0.25) is 5.71 Å². The summed E-state index contributed by atoms with van der Waals surface area (Å²) in [6.07, 6.45) is 6.71. The van der Waals surface area contributed by atoms with E-state index in [9.17, 15) is 0 Å². The maximum atomic E-state index is 3.59. The largest absolute Gasteiger partial charge is 0.372 e. The third-order valence-electron chi connectivity index (χ3n) is 5.00. The Balaban J connectivity index is 1.91. The molecule has 1 N–H and O–H groups in total. The molecule has 3 rings (SSSR count). The molecule has 0 fully saturated rings. The lowest BCUT2D eigenvalue weighted by Gasteiger charge is -2.21. The van der Waals surface area contributed by atoms with Gasteiger partial charge < -0.3 is 4.90 Å². The van der Waals surface area contributed by atoms with Crippen LogP contribution in [-0.4, -0.2) is 25.3 Å². The first-order chi connectivity index (χ1) is 13.1. The molecule has 2 aromatic carbocycles. The smallest absolute Gasteiger partial charge is 0.206 e.